The monoisotopic (exact) mass is 506 g/mol. The van der Waals surface area contributed by atoms with E-state index < -0.39 is 0 Å². The molecule has 3 aromatic carbocycles. The lowest BCUT2D eigenvalue weighted by Gasteiger charge is -2.22. The molecule has 2 unspecified atom stereocenters. The normalized spacial score (nSPS) is 20.7. The summed E-state index contributed by atoms with van der Waals surface area (Å²) in [6.07, 6.45) is 3.38. The third-order valence-electron chi connectivity index (χ3n) is 7.76. The van der Waals surface area contributed by atoms with Gasteiger partial charge in [-0.15, -0.1) is 5.10 Å². The molecule has 0 amide bonds. The lowest BCUT2D eigenvalue weighted by atomic mass is 10.0. The van der Waals surface area contributed by atoms with E-state index in [0.717, 1.165) is 58.2 Å². The van der Waals surface area contributed by atoms with Crippen molar-refractivity contribution in [2.24, 2.45) is 17.8 Å². The van der Waals surface area contributed by atoms with E-state index in [1.165, 1.54) is 17.1 Å². The van der Waals surface area contributed by atoms with Gasteiger partial charge in [0.2, 0.25) is 0 Å². The molecule has 1 aliphatic carbocycles. The van der Waals surface area contributed by atoms with Crippen LogP contribution in [0.4, 0.5) is 16.5 Å². The summed E-state index contributed by atoms with van der Waals surface area (Å²) in [6.45, 7) is 3.53. The Morgan fingerprint density at radius 1 is 0.919 bits per heavy atom. The van der Waals surface area contributed by atoms with Crippen LogP contribution in [0.25, 0.3) is 22.0 Å². The summed E-state index contributed by atoms with van der Waals surface area (Å²) in [7, 11) is 0. The number of likely N-dealkylation sites (tertiary alicyclic amines) is 1. The van der Waals surface area contributed by atoms with E-state index in [1.54, 1.807) is 12.5 Å². The minimum atomic E-state index is 0.348. The Kier molecular flexibility index (Phi) is 5.65. The van der Waals surface area contributed by atoms with E-state index in [9.17, 15) is 5.11 Å². The third-order valence-corrected chi connectivity index (χ3v) is 8.41. The van der Waals surface area contributed by atoms with Crippen molar-refractivity contribution < 1.29 is 5.11 Å². The molecule has 0 bridgehead atoms. The summed E-state index contributed by atoms with van der Waals surface area (Å²) in [6, 6.07) is 25.4. The van der Waals surface area contributed by atoms with Gasteiger partial charge in [0.25, 0.3) is 0 Å². The zero-order chi connectivity index (χ0) is 24.8. The first-order chi connectivity index (χ1) is 18.3. The zero-order valence-corrected chi connectivity index (χ0v) is 21.0. The minimum absolute atomic E-state index is 0.348. The first kappa shape index (κ1) is 22.5. The second-order valence-electron chi connectivity index (χ2n) is 9.92. The highest BCUT2D eigenvalue weighted by Gasteiger charge is 2.54. The molecular weight excluding hydrogens is 480 g/mol. The number of para-hydroxylation sites is 1. The van der Waals surface area contributed by atoms with Gasteiger partial charge in [-0.25, -0.2) is 9.97 Å². The van der Waals surface area contributed by atoms with Crippen molar-refractivity contribution in [2.75, 3.05) is 24.6 Å². The van der Waals surface area contributed by atoms with E-state index in [0.29, 0.717) is 24.4 Å². The van der Waals surface area contributed by atoms with Crippen molar-refractivity contribution in [1.29, 1.82) is 0 Å². The molecule has 2 fully saturated rings. The standard InChI is InChI=1S/C29H26N6OS/c36-17-26-24-15-34(16-25(24)26)14-19-6-8-20(9-7-19)21-10-11-27-23(12-21)29(31-18-30-27)35(28-13-32-33-37-28)22-4-2-1-3-5-22/h1-13,18,24-26,36H,14-17H2. The molecule has 7 rings (SSSR count). The van der Waals surface area contributed by atoms with Crippen LogP contribution in [0.2, 0.25) is 0 Å². The number of aromatic nitrogens is 4. The van der Waals surface area contributed by atoms with Gasteiger partial charge in [0.05, 0.1) is 11.7 Å². The average molecular weight is 507 g/mol. The van der Waals surface area contributed by atoms with Crippen LogP contribution in [0.15, 0.2) is 85.3 Å². The van der Waals surface area contributed by atoms with Crippen molar-refractivity contribution in [3.05, 3.63) is 90.9 Å². The number of rotatable bonds is 7. The van der Waals surface area contributed by atoms with E-state index in [-0.39, 0.29) is 0 Å². The van der Waals surface area contributed by atoms with Crippen LogP contribution in [0.1, 0.15) is 5.56 Å². The van der Waals surface area contributed by atoms with Gasteiger partial charge in [-0.05, 0) is 58.7 Å². The van der Waals surface area contributed by atoms with Crippen molar-refractivity contribution in [2.45, 2.75) is 6.54 Å². The topological polar surface area (TPSA) is 78.3 Å². The molecule has 1 saturated heterocycles. The Bertz CT molecular complexity index is 1510. The molecule has 2 aliphatic rings. The number of aliphatic hydroxyl groups excluding tert-OH is 1. The Morgan fingerprint density at radius 2 is 1.70 bits per heavy atom. The molecule has 7 nitrogen and oxygen atoms in total. The molecule has 3 heterocycles. The summed E-state index contributed by atoms with van der Waals surface area (Å²) >= 11 is 1.34. The Balaban J connectivity index is 1.19. The average Bonchev–Trinajstić information content (AvgIpc) is 3.28. The minimum Gasteiger partial charge on any atom is -0.396 e. The fraction of sp³-hybridized carbons (Fsp3) is 0.241. The number of nitrogens with zero attached hydrogens (tertiary/aromatic N) is 6. The largest absolute Gasteiger partial charge is 0.396 e. The van der Waals surface area contributed by atoms with Crippen molar-refractivity contribution in [3.8, 4) is 11.1 Å². The van der Waals surface area contributed by atoms with E-state index in [4.69, 9.17) is 4.98 Å². The van der Waals surface area contributed by atoms with Crippen LogP contribution in [-0.2, 0) is 6.54 Å². The highest BCUT2D eigenvalue weighted by atomic mass is 32.1. The molecular formula is C29H26N6OS. The molecule has 37 heavy (non-hydrogen) atoms. The quantitative estimate of drug-likeness (QED) is 0.321. The van der Waals surface area contributed by atoms with Crippen LogP contribution in [0, 0.1) is 17.8 Å². The molecule has 1 N–H and O–H groups in total. The van der Waals surface area contributed by atoms with Crippen LogP contribution in [0.5, 0.6) is 0 Å². The third kappa shape index (κ3) is 4.17. The predicted molar refractivity (Wildman–Crippen MR) is 146 cm³/mol. The fourth-order valence-electron chi connectivity index (χ4n) is 5.79. The van der Waals surface area contributed by atoms with E-state index in [2.05, 4.69) is 79.0 Å². The number of fused-ring (bicyclic) bond motifs is 2. The lowest BCUT2D eigenvalue weighted by molar-refractivity contribution is 0.217. The highest BCUT2D eigenvalue weighted by molar-refractivity contribution is 7.10. The van der Waals surface area contributed by atoms with Gasteiger partial charge in [0.15, 0.2) is 0 Å². The number of piperidine rings is 1. The highest BCUT2D eigenvalue weighted by Crippen LogP contribution is 2.51. The van der Waals surface area contributed by atoms with Gasteiger partial charge in [0.1, 0.15) is 17.1 Å². The summed E-state index contributed by atoms with van der Waals surface area (Å²) in [5, 5.41) is 15.3. The van der Waals surface area contributed by atoms with Crippen molar-refractivity contribution in [3.63, 3.8) is 0 Å². The summed E-state index contributed by atoms with van der Waals surface area (Å²) in [5.41, 5.74) is 5.49. The number of hydrogen-bond acceptors (Lipinski definition) is 8. The van der Waals surface area contributed by atoms with E-state index >= 15 is 0 Å². The van der Waals surface area contributed by atoms with Gasteiger partial charge in [-0.3, -0.25) is 9.80 Å². The molecule has 1 saturated carbocycles. The van der Waals surface area contributed by atoms with E-state index in [1.807, 2.05) is 18.2 Å². The molecule has 2 aromatic heterocycles. The van der Waals surface area contributed by atoms with Crippen LogP contribution in [0.3, 0.4) is 0 Å². The maximum absolute atomic E-state index is 9.41. The summed E-state index contributed by atoms with van der Waals surface area (Å²) < 4.78 is 4.09. The number of benzene rings is 3. The van der Waals surface area contributed by atoms with Crippen molar-refractivity contribution in [1.82, 2.24) is 24.5 Å². The predicted octanol–water partition coefficient (Wildman–Crippen LogP) is 5.29. The molecule has 2 atom stereocenters. The molecule has 5 aromatic rings. The van der Waals surface area contributed by atoms with Gasteiger partial charge in [-0.1, -0.05) is 53.0 Å². The Hall–Kier alpha value is -3.72. The SMILES string of the molecule is OCC1C2CN(Cc3ccc(-c4ccc5ncnc(N(c6ccccc6)c6cnns6)c5c4)cc3)CC12. The number of anilines is 3. The Labute approximate surface area is 219 Å². The second-order valence-corrected chi connectivity index (χ2v) is 10.7. The zero-order valence-electron chi connectivity index (χ0n) is 20.2. The molecule has 0 radical (unpaired) electrons. The first-order valence-corrected chi connectivity index (χ1v) is 13.4. The molecule has 8 heteroatoms. The molecule has 1 aliphatic heterocycles. The first-order valence-electron chi connectivity index (χ1n) is 12.6. The van der Waals surface area contributed by atoms with Gasteiger partial charge in [-0.2, -0.15) is 0 Å². The second kappa shape index (κ2) is 9.30. The summed E-state index contributed by atoms with van der Waals surface area (Å²) in [4.78, 5) is 13.9. The summed E-state index contributed by atoms with van der Waals surface area (Å²) in [5.74, 6) is 2.75. The number of hydrogen-bond donors (Lipinski definition) is 1. The van der Waals surface area contributed by atoms with Crippen LogP contribution >= 0.6 is 11.5 Å². The van der Waals surface area contributed by atoms with Crippen LogP contribution < -0.4 is 4.90 Å². The number of aliphatic hydroxyl groups is 1. The van der Waals surface area contributed by atoms with Crippen LogP contribution in [-0.4, -0.2) is 49.3 Å². The lowest BCUT2D eigenvalue weighted by Crippen LogP contribution is -2.24. The maximum Gasteiger partial charge on any atom is 0.149 e. The fourth-order valence-corrected chi connectivity index (χ4v) is 6.34. The van der Waals surface area contributed by atoms with Gasteiger partial charge < -0.3 is 5.11 Å². The van der Waals surface area contributed by atoms with Gasteiger partial charge >= 0.3 is 0 Å². The molecule has 184 valence electrons. The molecule has 0 spiro atoms. The van der Waals surface area contributed by atoms with Crippen molar-refractivity contribution >= 4 is 38.9 Å². The smallest absolute Gasteiger partial charge is 0.149 e. The Morgan fingerprint density at radius 3 is 2.43 bits per heavy atom. The van der Waals surface area contributed by atoms with Gasteiger partial charge in [0, 0.05) is 48.8 Å². The maximum atomic E-state index is 9.41.